The lowest BCUT2D eigenvalue weighted by Crippen LogP contribution is -2.35. The van der Waals surface area contributed by atoms with Crippen LogP contribution in [0.1, 0.15) is 70.8 Å². The molecule has 1 aliphatic carbocycles. The van der Waals surface area contributed by atoms with Crippen LogP contribution in [0.15, 0.2) is 35.4 Å². The highest BCUT2D eigenvalue weighted by molar-refractivity contribution is 7.89. The molecule has 0 unspecified atom stereocenters. The Balaban J connectivity index is 1.40. The molecule has 9 nitrogen and oxygen atoms in total. The Morgan fingerprint density at radius 1 is 1.05 bits per heavy atom. The van der Waals surface area contributed by atoms with E-state index in [0.717, 1.165) is 80.4 Å². The minimum absolute atomic E-state index is 0.278. The van der Waals surface area contributed by atoms with Crippen molar-refractivity contribution in [2.24, 2.45) is 5.92 Å². The van der Waals surface area contributed by atoms with Gasteiger partial charge in [-0.15, -0.1) is 0 Å². The molecule has 0 spiro atoms. The molecule has 5 rings (SSSR count). The molecule has 37 heavy (non-hydrogen) atoms. The molecular formula is C27H39N7O2S. The molecule has 3 aromatic rings. The minimum atomic E-state index is -3.56. The lowest BCUT2D eigenvalue weighted by atomic mass is 9.96. The summed E-state index contributed by atoms with van der Waals surface area (Å²) in [7, 11) is -3.56. The number of rotatable bonds is 10. The molecule has 3 N–H and O–H groups in total. The summed E-state index contributed by atoms with van der Waals surface area (Å²) in [5.74, 6) is 1.01. The number of hydrogen-bond acceptors (Lipinski definition) is 7. The Hall–Kier alpha value is -2.56. The number of unbranched alkanes of at least 4 members (excludes halogenated alkanes) is 1. The molecule has 0 radical (unpaired) electrons. The number of anilines is 1. The fourth-order valence-corrected chi connectivity index (χ4v) is 6.48. The third-order valence-corrected chi connectivity index (χ3v) is 9.08. The summed E-state index contributed by atoms with van der Waals surface area (Å²) in [6.45, 7) is 5.38. The van der Waals surface area contributed by atoms with Gasteiger partial charge in [-0.05, 0) is 63.2 Å². The normalized spacial score (nSPS) is 17.9. The van der Waals surface area contributed by atoms with E-state index in [2.05, 4.69) is 31.9 Å². The van der Waals surface area contributed by atoms with E-state index in [1.807, 2.05) is 18.3 Å². The number of sulfonamides is 1. The molecule has 0 atom stereocenters. The van der Waals surface area contributed by atoms with Gasteiger partial charge in [-0.1, -0.05) is 44.7 Å². The van der Waals surface area contributed by atoms with E-state index in [4.69, 9.17) is 10.1 Å². The van der Waals surface area contributed by atoms with Crippen molar-refractivity contribution in [3.8, 4) is 11.3 Å². The molecule has 2 aliphatic rings. The van der Waals surface area contributed by atoms with Crippen molar-refractivity contribution in [3.63, 3.8) is 0 Å². The highest BCUT2D eigenvalue weighted by atomic mass is 32.2. The van der Waals surface area contributed by atoms with Crippen LogP contribution in [-0.4, -0.2) is 54.3 Å². The number of nitrogens with one attached hydrogen (secondary N) is 3. The van der Waals surface area contributed by atoms with Crippen molar-refractivity contribution in [2.75, 3.05) is 31.5 Å². The number of fused-ring (bicyclic) bond motifs is 1. The van der Waals surface area contributed by atoms with Crippen LogP contribution >= 0.6 is 0 Å². The third kappa shape index (κ3) is 6.13. The first kappa shape index (κ1) is 26.1. The maximum atomic E-state index is 12.9. The topological polar surface area (TPSA) is 114 Å². The van der Waals surface area contributed by atoms with Crippen LogP contribution in [0.2, 0.25) is 0 Å². The zero-order valence-electron chi connectivity index (χ0n) is 21.7. The van der Waals surface area contributed by atoms with E-state index in [1.165, 1.54) is 19.3 Å². The molecular weight excluding hydrogens is 486 g/mol. The average Bonchev–Trinajstić information content (AvgIpc) is 3.32. The van der Waals surface area contributed by atoms with Crippen molar-refractivity contribution >= 4 is 27.0 Å². The first-order chi connectivity index (χ1) is 18.0. The smallest absolute Gasteiger partial charge is 0.240 e. The lowest BCUT2D eigenvalue weighted by Gasteiger charge is -2.22. The Morgan fingerprint density at radius 2 is 1.81 bits per heavy atom. The molecule has 200 valence electrons. The maximum Gasteiger partial charge on any atom is 0.240 e. The lowest BCUT2D eigenvalue weighted by molar-refractivity contribution is 0.336. The van der Waals surface area contributed by atoms with Gasteiger partial charge in [0.1, 0.15) is 5.69 Å². The van der Waals surface area contributed by atoms with Crippen molar-refractivity contribution in [3.05, 3.63) is 30.5 Å². The highest BCUT2D eigenvalue weighted by Crippen LogP contribution is 2.34. The van der Waals surface area contributed by atoms with Gasteiger partial charge in [-0.2, -0.15) is 10.1 Å². The number of nitrogens with zero attached hydrogens (tertiary/aromatic N) is 4. The van der Waals surface area contributed by atoms with Gasteiger partial charge >= 0.3 is 0 Å². The zero-order valence-corrected chi connectivity index (χ0v) is 22.6. The van der Waals surface area contributed by atoms with E-state index in [1.54, 1.807) is 12.1 Å². The number of aromatic nitrogens is 4. The minimum Gasteiger partial charge on any atom is -0.354 e. The second-order valence-corrected chi connectivity index (χ2v) is 12.1. The molecule has 1 aliphatic heterocycles. The van der Waals surface area contributed by atoms with Gasteiger partial charge in [0.05, 0.1) is 16.3 Å². The van der Waals surface area contributed by atoms with Crippen molar-refractivity contribution < 1.29 is 8.42 Å². The van der Waals surface area contributed by atoms with Crippen LogP contribution in [0.3, 0.4) is 0 Å². The quantitative estimate of drug-likeness (QED) is 0.334. The first-order valence-corrected chi connectivity index (χ1v) is 15.3. The second-order valence-electron chi connectivity index (χ2n) is 10.4. The van der Waals surface area contributed by atoms with E-state index >= 15 is 0 Å². The highest BCUT2D eigenvalue weighted by Gasteiger charge is 2.24. The summed E-state index contributed by atoms with van der Waals surface area (Å²) in [6.07, 6.45) is 11.9. The Kier molecular flexibility index (Phi) is 8.36. The summed E-state index contributed by atoms with van der Waals surface area (Å²) in [5, 5.41) is 12.6. The second kappa shape index (κ2) is 11.9. The summed E-state index contributed by atoms with van der Waals surface area (Å²) >= 11 is 0. The largest absolute Gasteiger partial charge is 0.354 e. The maximum absolute atomic E-state index is 12.9. The van der Waals surface area contributed by atoms with Gasteiger partial charge < -0.3 is 10.6 Å². The molecule has 0 bridgehead atoms. The van der Waals surface area contributed by atoms with Crippen molar-refractivity contribution in [1.29, 1.82) is 0 Å². The van der Waals surface area contributed by atoms with E-state index < -0.39 is 10.0 Å². The molecule has 0 amide bonds. The molecule has 2 aromatic heterocycles. The Bertz CT molecular complexity index is 1280. The number of piperidine rings is 1. The van der Waals surface area contributed by atoms with Gasteiger partial charge in [-0.3, -0.25) is 0 Å². The summed E-state index contributed by atoms with van der Waals surface area (Å²) < 4.78 is 30.7. The number of benzene rings is 1. The van der Waals surface area contributed by atoms with Crippen molar-refractivity contribution in [1.82, 2.24) is 29.8 Å². The fourth-order valence-electron chi connectivity index (χ4n) is 5.37. The van der Waals surface area contributed by atoms with Gasteiger partial charge in [0.2, 0.25) is 16.0 Å². The zero-order chi connectivity index (χ0) is 25.7. The van der Waals surface area contributed by atoms with Gasteiger partial charge in [0, 0.05) is 24.8 Å². The fraction of sp³-hybridized carbons (Fsp3) is 0.593. The molecule has 3 heterocycles. The first-order valence-electron chi connectivity index (χ1n) is 13.8. The summed E-state index contributed by atoms with van der Waals surface area (Å²) in [6, 6.07) is 7.36. The van der Waals surface area contributed by atoms with E-state index in [0.29, 0.717) is 24.5 Å². The predicted octanol–water partition coefficient (Wildman–Crippen LogP) is 4.49. The van der Waals surface area contributed by atoms with E-state index in [9.17, 15) is 8.42 Å². The van der Waals surface area contributed by atoms with Gasteiger partial charge in [0.25, 0.3) is 0 Å². The summed E-state index contributed by atoms with van der Waals surface area (Å²) in [5.41, 5.74) is 2.51. The third-order valence-electron chi connectivity index (χ3n) is 7.64. The molecule has 1 saturated heterocycles. The Morgan fingerprint density at radius 3 is 2.54 bits per heavy atom. The molecule has 1 aromatic carbocycles. The van der Waals surface area contributed by atoms with Gasteiger partial charge in [0.15, 0.2) is 5.65 Å². The predicted molar refractivity (Wildman–Crippen MR) is 147 cm³/mol. The van der Waals surface area contributed by atoms with Crippen LogP contribution in [0, 0.1) is 5.92 Å². The van der Waals surface area contributed by atoms with Crippen LogP contribution in [0.4, 0.5) is 5.95 Å². The SMILES string of the molecule is CCCCNc1ncc2c(-c3ccc(S(=O)(=O)NCC4CCNCC4)cc3)nn(C3CCCCC3)c2n1. The van der Waals surface area contributed by atoms with Crippen LogP contribution in [0.25, 0.3) is 22.3 Å². The number of hydrogen-bond donors (Lipinski definition) is 3. The Labute approximate surface area is 219 Å². The summed E-state index contributed by atoms with van der Waals surface area (Å²) in [4.78, 5) is 9.70. The van der Waals surface area contributed by atoms with Crippen molar-refractivity contribution in [2.45, 2.75) is 75.6 Å². The molecule has 10 heteroatoms. The monoisotopic (exact) mass is 525 g/mol. The van der Waals surface area contributed by atoms with Crippen LogP contribution in [-0.2, 0) is 10.0 Å². The molecule has 1 saturated carbocycles. The average molecular weight is 526 g/mol. The van der Waals surface area contributed by atoms with E-state index in [-0.39, 0.29) is 4.90 Å². The van der Waals surface area contributed by atoms with Gasteiger partial charge in [-0.25, -0.2) is 22.8 Å². The standard InChI is InChI=1S/C27H39N7O2S/c1-2-3-15-29-27-30-19-24-25(33-34(26(24)32-27)22-7-5-4-6-8-22)21-9-11-23(12-10-21)37(35,36)31-18-20-13-16-28-17-14-20/h9-12,19-20,22,28,31H,2-8,13-18H2,1H3,(H,29,30,32). The van der Waals surface area contributed by atoms with Crippen LogP contribution in [0.5, 0.6) is 0 Å². The van der Waals surface area contributed by atoms with Crippen LogP contribution < -0.4 is 15.4 Å². The molecule has 2 fully saturated rings.